The van der Waals surface area contributed by atoms with Crippen LogP contribution < -0.4 is 4.74 Å². The van der Waals surface area contributed by atoms with E-state index in [0.29, 0.717) is 11.8 Å². The zero-order valence-corrected chi connectivity index (χ0v) is 32.6. The van der Waals surface area contributed by atoms with Crippen LogP contribution in [0.15, 0.2) is 90.6 Å². The van der Waals surface area contributed by atoms with E-state index in [1.54, 1.807) is 0 Å². The van der Waals surface area contributed by atoms with E-state index in [9.17, 15) is 0 Å². The molecule has 0 bridgehead atoms. The third-order valence-corrected chi connectivity index (χ3v) is 11.0. The van der Waals surface area contributed by atoms with Crippen LogP contribution in [0.1, 0.15) is 121 Å². The smallest absolute Gasteiger partial charge is 0.137 e. The minimum atomic E-state index is -0.0793. The Bertz CT molecular complexity index is 2240. The number of aryl methyl sites for hydroxylation is 2. The summed E-state index contributed by atoms with van der Waals surface area (Å²) in [5.41, 5.74) is 11.3. The van der Waals surface area contributed by atoms with Gasteiger partial charge in [0, 0.05) is 46.3 Å². The number of allylic oxidation sites excluding steroid dienone is 2. The molecule has 0 N–H and O–H groups in total. The van der Waals surface area contributed by atoms with Gasteiger partial charge in [-0.15, -0.1) is 0 Å². The minimum absolute atomic E-state index is 0.0793. The molecular weight excluding hydrogens is 637 g/mol. The summed E-state index contributed by atoms with van der Waals surface area (Å²) in [6.45, 7) is 18.4. The van der Waals surface area contributed by atoms with Crippen molar-refractivity contribution >= 4 is 21.8 Å². The third kappa shape index (κ3) is 6.83. The number of ether oxygens (including phenoxy) is 1. The summed E-state index contributed by atoms with van der Waals surface area (Å²) >= 11 is 0. The van der Waals surface area contributed by atoms with Crippen molar-refractivity contribution in [3.8, 4) is 23.0 Å². The van der Waals surface area contributed by atoms with Crippen molar-refractivity contribution < 1.29 is 4.74 Å². The van der Waals surface area contributed by atoms with Crippen molar-refractivity contribution in [2.45, 2.75) is 118 Å². The summed E-state index contributed by atoms with van der Waals surface area (Å²) in [5.74, 6) is 3.58. The number of hydrogen-bond acceptors (Lipinski definition) is 3. The molecule has 0 amide bonds. The molecule has 5 nitrogen and oxygen atoms in total. The minimum Gasteiger partial charge on any atom is -0.457 e. The molecule has 52 heavy (non-hydrogen) atoms. The Kier molecular flexibility index (Phi) is 10.2. The average Bonchev–Trinajstić information content (AvgIpc) is 3.63. The monoisotopic (exact) mass is 692 g/mol. The highest BCUT2D eigenvalue weighted by Gasteiger charge is 2.32. The molecule has 270 valence electrons. The summed E-state index contributed by atoms with van der Waals surface area (Å²) in [4.78, 5) is 4.86. The molecule has 0 saturated heterocycles. The van der Waals surface area contributed by atoms with Crippen LogP contribution in [-0.2, 0) is 24.7 Å². The maximum atomic E-state index is 6.88. The van der Waals surface area contributed by atoms with Gasteiger partial charge in [0.25, 0.3) is 0 Å². The fourth-order valence-corrected chi connectivity index (χ4v) is 8.44. The fourth-order valence-electron chi connectivity index (χ4n) is 8.44. The fraction of sp³-hybridized carbons (Fsp3) is 0.404. The number of rotatable bonds is 11. The molecular formula is C47H56N4O. The Labute approximate surface area is 310 Å². The lowest BCUT2D eigenvalue weighted by Gasteiger charge is -2.30. The van der Waals surface area contributed by atoms with Crippen LogP contribution in [0, 0.1) is 5.92 Å². The molecule has 0 radical (unpaired) electrons. The molecule has 2 atom stereocenters. The summed E-state index contributed by atoms with van der Waals surface area (Å²) in [7, 11) is 0. The first-order valence-corrected chi connectivity index (χ1v) is 19.7. The first-order valence-electron chi connectivity index (χ1n) is 19.7. The maximum Gasteiger partial charge on any atom is 0.137 e. The lowest BCUT2D eigenvalue weighted by molar-refractivity contribution is 0.445. The number of aromatic nitrogens is 4. The van der Waals surface area contributed by atoms with E-state index in [0.717, 1.165) is 72.6 Å². The topological polar surface area (TPSA) is 44.9 Å². The Morgan fingerprint density at radius 1 is 0.808 bits per heavy atom. The molecule has 0 saturated carbocycles. The van der Waals surface area contributed by atoms with Crippen LogP contribution in [-0.4, -0.2) is 19.3 Å². The lowest BCUT2D eigenvalue weighted by atomic mass is 9.74. The van der Waals surface area contributed by atoms with Gasteiger partial charge >= 0.3 is 0 Å². The summed E-state index contributed by atoms with van der Waals surface area (Å²) in [5, 5.41) is 7.86. The van der Waals surface area contributed by atoms with Gasteiger partial charge in [0.1, 0.15) is 17.3 Å². The van der Waals surface area contributed by atoms with Gasteiger partial charge in [-0.2, -0.15) is 5.10 Å². The second-order valence-corrected chi connectivity index (χ2v) is 16.1. The maximum absolute atomic E-state index is 6.88. The first kappa shape index (κ1) is 35.7. The molecule has 3 aromatic carbocycles. The Balaban J connectivity index is 1.37. The van der Waals surface area contributed by atoms with Crippen molar-refractivity contribution in [3.05, 3.63) is 119 Å². The average molecular weight is 693 g/mol. The molecule has 7 rings (SSSR count). The molecule has 3 heterocycles. The molecule has 1 aliphatic carbocycles. The van der Waals surface area contributed by atoms with Gasteiger partial charge in [0.15, 0.2) is 0 Å². The Morgan fingerprint density at radius 2 is 1.58 bits per heavy atom. The molecule has 0 fully saturated rings. The van der Waals surface area contributed by atoms with Crippen molar-refractivity contribution in [3.63, 3.8) is 0 Å². The van der Waals surface area contributed by atoms with E-state index in [1.165, 1.54) is 57.3 Å². The van der Waals surface area contributed by atoms with Crippen LogP contribution in [0.2, 0.25) is 0 Å². The highest BCUT2D eigenvalue weighted by molar-refractivity contribution is 6.09. The van der Waals surface area contributed by atoms with E-state index >= 15 is 0 Å². The van der Waals surface area contributed by atoms with Gasteiger partial charge in [-0.25, -0.2) is 9.67 Å². The zero-order chi connectivity index (χ0) is 36.6. The molecule has 0 aliphatic heterocycles. The van der Waals surface area contributed by atoms with Gasteiger partial charge in [-0.1, -0.05) is 97.6 Å². The number of fused-ring (bicyclic) bond motifs is 3. The second kappa shape index (κ2) is 14.8. The second-order valence-electron chi connectivity index (χ2n) is 16.1. The van der Waals surface area contributed by atoms with Gasteiger partial charge in [0.2, 0.25) is 0 Å². The van der Waals surface area contributed by atoms with Crippen LogP contribution in [0.4, 0.5) is 0 Å². The Morgan fingerprint density at radius 3 is 2.33 bits per heavy atom. The van der Waals surface area contributed by atoms with Crippen molar-refractivity contribution in [2.75, 3.05) is 0 Å². The van der Waals surface area contributed by atoms with E-state index in [-0.39, 0.29) is 5.41 Å². The van der Waals surface area contributed by atoms with Gasteiger partial charge in [-0.05, 0) is 104 Å². The number of pyridine rings is 1. The normalized spacial score (nSPS) is 16.5. The quantitative estimate of drug-likeness (QED) is 0.127. The zero-order valence-electron chi connectivity index (χ0n) is 32.6. The van der Waals surface area contributed by atoms with E-state index in [4.69, 9.17) is 14.8 Å². The molecule has 0 spiro atoms. The first-order chi connectivity index (χ1) is 25.1. The summed E-state index contributed by atoms with van der Waals surface area (Å²) in [6, 6.07) is 26.2. The van der Waals surface area contributed by atoms with Gasteiger partial charge in [-0.3, -0.25) is 4.57 Å². The lowest BCUT2D eigenvalue weighted by Crippen LogP contribution is -2.18. The highest BCUT2D eigenvalue weighted by Crippen LogP contribution is 2.43. The van der Waals surface area contributed by atoms with Crippen molar-refractivity contribution in [2.24, 2.45) is 5.92 Å². The predicted molar refractivity (Wildman–Crippen MR) is 218 cm³/mol. The summed E-state index contributed by atoms with van der Waals surface area (Å²) in [6.07, 6.45) is 13.1. The van der Waals surface area contributed by atoms with Gasteiger partial charge < -0.3 is 4.74 Å². The van der Waals surface area contributed by atoms with Crippen LogP contribution >= 0.6 is 0 Å². The largest absolute Gasteiger partial charge is 0.457 e. The van der Waals surface area contributed by atoms with E-state index in [1.807, 2.05) is 6.20 Å². The SMILES string of the molecule is CCCc1ccnc(-n2c3ccccc3c3ccc(Oc4cc(-n5nc(CCC)c([C@H]6C(C)=CCC[C@@H]6C)c5CCC)cc(C(C)(C)C)c4)cc32)c1. The number of benzene rings is 3. The van der Waals surface area contributed by atoms with E-state index < -0.39 is 0 Å². The van der Waals surface area contributed by atoms with Crippen LogP contribution in [0.25, 0.3) is 33.3 Å². The number of hydrogen-bond donors (Lipinski definition) is 0. The Hall–Kier alpha value is -4.64. The van der Waals surface area contributed by atoms with Crippen molar-refractivity contribution in [1.29, 1.82) is 0 Å². The van der Waals surface area contributed by atoms with Gasteiger partial charge in [0.05, 0.1) is 22.4 Å². The standard InChI is InChI=1S/C47H56N4O/c1-9-15-33-24-25-48-44(26-33)50-41-21-13-12-20-38(41)39-23-22-36(30-43(39)50)52-37-28-34(47(6,7)8)27-35(29-37)51-42(17-11-3)46(40(49-51)16-10-2)45-31(4)18-14-19-32(45)5/h12-13,18,20-30,32,45H,9-11,14-17,19H2,1-8H3/t32-,45-/m0/s1. The molecule has 3 aromatic heterocycles. The molecule has 1 aliphatic rings. The van der Waals surface area contributed by atoms with Crippen molar-refractivity contribution in [1.82, 2.24) is 19.3 Å². The number of para-hydroxylation sites is 1. The predicted octanol–water partition coefficient (Wildman–Crippen LogP) is 12.8. The molecule has 5 heteroatoms. The third-order valence-electron chi connectivity index (χ3n) is 11.0. The summed E-state index contributed by atoms with van der Waals surface area (Å²) < 4.78 is 11.4. The molecule has 6 aromatic rings. The molecule has 0 unspecified atom stereocenters. The number of nitrogens with zero attached hydrogens (tertiary/aromatic N) is 4. The van der Waals surface area contributed by atoms with Crippen LogP contribution in [0.3, 0.4) is 0 Å². The highest BCUT2D eigenvalue weighted by atomic mass is 16.5. The van der Waals surface area contributed by atoms with E-state index in [2.05, 4.69) is 144 Å². The van der Waals surface area contributed by atoms with Crippen LogP contribution in [0.5, 0.6) is 11.5 Å².